The van der Waals surface area contributed by atoms with Crippen molar-refractivity contribution < 1.29 is 34.7 Å². The highest BCUT2D eigenvalue weighted by atomic mass is 19.1. The fourth-order valence-corrected chi connectivity index (χ4v) is 4.49. The summed E-state index contributed by atoms with van der Waals surface area (Å²) in [7, 11) is 0. The van der Waals surface area contributed by atoms with E-state index < -0.39 is 42.9 Å². The van der Waals surface area contributed by atoms with Gasteiger partial charge in [0, 0.05) is 30.3 Å². The molecule has 5 N–H and O–H groups in total. The molecule has 4 rings (SSSR count). The predicted molar refractivity (Wildman–Crippen MR) is 116 cm³/mol. The molecule has 1 aliphatic heterocycles. The van der Waals surface area contributed by atoms with Crippen molar-refractivity contribution in [3.8, 4) is 0 Å². The van der Waals surface area contributed by atoms with Crippen LogP contribution in [-0.2, 0) is 17.7 Å². The fraction of sp³-hybridized carbons (Fsp3) is 0.417. The number of halogens is 1. The molecule has 0 spiro atoms. The lowest BCUT2D eigenvalue weighted by Gasteiger charge is -2.40. The van der Waals surface area contributed by atoms with Gasteiger partial charge in [-0.25, -0.2) is 4.39 Å². The zero-order valence-corrected chi connectivity index (χ0v) is 17.7. The molecule has 2 aromatic carbocycles. The molecular formula is C24H28FNO6. The summed E-state index contributed by atoms with van der Waals surface area (Å²) in [5.41, 5.74) is 3.95. The van der Waals surface area contributed by atoms with E-state index in [2.05, 4.69) is 0 Å². The second-order valence-corrected chi connectivity index (χ2v) is 8.37. The number of aromatic nitrogens is 1. The third-order valence-electron chi connectivity index (χ3n) is 6.13. The highest BCUT2D eigenvalue weighted by Crippen LogP contribution is 2.38. The van der Waals surface area contributed by atoms with Gasteiger partial charge in [-0.2, -0.15) is 0 Å². The molecule has 2 heterocycles. The first-order chi connectivity index (χ1) is 15.3. The van der Waals surface area contributed by atoms with E-state index in [0.29, 0.717) is 29.5 Å². The Kier molecular flexibility index (Phi) is 6.62. The molecule has 0 bridgehead atoms. The lowest BCUT2D eigenvalue weighted by Crippen LogP contribution is -2.55. The van der Waals surface area contributed by atoms with Gasteiger partial charge in [0.1, 0.15) is 36.3 Å². The molecular weight excluding hydrogens is 417 g/mol. The maximum atomic E-state index is 14.3. The Balaban J connectivity index is 1.77. The summed E-state index contributed by atoms with van der Waals surface area (Å²) in [6.45, 7) is 1.81. The number of nitrogens with zero attached hydrogens (tertiary/aromatic N) is 1. The minimum absolute atomic E-state index is 0.0782. The predicted octanol–water partition coefficient (Wildman–Crippen LogP) is 1.19. The van der Waals surface area contributed by atoms with Crippen molar-refractivity contribution in [1.29, 1.82) is 0 Å². The second kappa shape index (κ2) is 9.27. The highest BCUT2D eigenvalue weighted by Gasteiger charge is 2.44. The number of hydrogen-bond donors (Lipinski definition) is 5. The zero-order chi connectivity index (χ0) is 23.0. The van der Waals surface area contributed by atoms with E-state index in [0.717, 1.165) is 16.6 Å². The first-order valence-electron chi connectivity index (χ1n) is 10.6. The minimum Gasteiger partial charge on any atom is -0.396 e. The highest BCUT2D eigenvalue weighted by molar-refractivity contribution is 5.87. The lowest BCUT2D eigenvalue weighted by molar-refractivity contribution is -0.231. The van der Waals surface area contributed by atoms with Crippen LogP contribution in [0.4, 0.5) is 4.39 Å². The minimum atomic E-state index is -1.52. The van der Waals surface area contributed by atoms with E-state index in [-0.39, 0.29) is 6.61 Å². The normalized spacial score (nSPS) is 26.0. The van der Waals surface area contributed by atoms with Crippen LogP contribution in [0.1, 0.15) is 28.4 Å². The van der Waals surface area contributed by atoms with E-state index in [1.165, 1.54) is 12.1 Å². The van der Waals surface area contributed by atoms with Crippen LogP contribution in [0.2, 0.25) is 0 Å². The molecule has 3 aromatic rings. The Hall–Kier alpha value is -2.33. The van der Waals surface area contributed by atoms with Gasteiger partial charge in [-0.3, -0.25) is 0 Å². The Bertz CT molecular complexity index is 1080. The van der Waals surface area contributed by atoms with E-state index in [1.807, 2.05) is 28.8 Å². The van der Waals surface area contributed by atoms with Gasteiger partial charge in [-0.05, 0) is 42.2 Å². The van der Waals surface area contributed by atoms with Gasteiger partial charge in [0.25, 0.3) is 0 Å². The number of aliphatic hydroxyl groups excluding tert-OH is 5. The number of aryl methyl sites for hydroxylation is 1. The summed E-state index contributed by atoms with van der Waals surface area (Å²) in [6.07, 6.45) is -4.20. The van der Waals surface area contributed by atoms with Crippen LogP contribution in [0.15, 0.2) is 42.6 Å². The third kappa shape index (κ3) is 4.17. The Morgan fingerprint density at radius 1 is 0.969 bits per heavy atom. The van der Waals surface area contributed by atoms with Crippen molar-refractivity contribution in [3.63, 3.8) is 0 Å². The van der Waals surface area contributed by atoms with Crippen molar-refractivity contribution in [1.82, 2.24) is 4.57 Å². The van der Waals surface area contributed by atoms with Crippen LogP contribution >= 0.6 is 0 Å². The molecule has 1 saturated heterocycles. The monoisotopic (exact) mass is 445 g/mol. The van der Waals surface area contributed by atoms with Crippen LogP contribution in [0.3, 0.4) is 0 Å². The summed E-state index contributed by atoms with van der Waals surface area (Å²) in [6, 6.07) is 10.6. The van der Waals surface area contributed by atoms with Gasteiger partial charge in [0.15, 0.2) is 0 Å². The average Bonchev–Trinajstić information content (AvgIpc) is 3.12. The molecule has 0 saturated carbocycles. The number of fused-ring (bicyclic) bond motifs is 1. The fourth-order valence-electron chi connectivity index (χ4n) is 4.49. The van der Waals surface area contributed by atoms with Crippen LogP contribution in [0.5, 0.6) is 0 Å². The van der Waals surface area contributed by atoms with Crippen LogP contribution < -0.4 is 0 Å². The quantitative estimate of drug-likeness (QED) is 0.389. The summed E-state index contributed by atoms with van der Waals surface area (Å²) >= 11 is 0. The van der Waals surface area contributed by atoms with E-state index >= 15 is 0 Å². The standard InChI is InChI=1S/C24H28FNO6/c1-13-8-16(25)9-17-18(24-23(31)22(30)21(29)19(12-28)32-24)11-26(20(13)17)10-15-4-2-14(3-5-15)6-7-27/h2-5,8-9,11,19,21-24,27-31H,6-7,10,12H2,1H3/t19-,21-,22+,23-,24+/m1/s1. The maximum Gasteiger partial charge on any atom is 0.124 e. The largest absolute Gasteiger partial charge is 0.396 e. The molecule has 5 atom stereocenters. The van der Waals surface area contributed by atoms with E-state index in [9.17, 15) is 24.8 Å². The molecule has 32 heavy (non-hydrogen) atoms. The lowest BCUT2D eigenvalue weighted by atomic mass is 9.91. The second-order valence-electron chi connectivity index (χ2n) is 8.37. The SMILES string of the molecule is Cc1cc(F)cc2c([C@@H]3O[C@H](CO)[C@@H](O)[C@H](O)[C@H]3O)cn(Cc3ccc(CCO)cc3)c12. The van der Waals surface area contributed by atoms with Gasteiger partial charge in [-0.15, -0.1) is 0 Å². The maximum absolute atomic E-state index is 14.3. The molecule has 1 fully saturated rings. The number of benzene rings is 2. The van der Waals surface area contributed by atoms with Gasteiger partial charge >= 0.3 is 0 Å². The van der Waals surface area contributed by atoms with Gasteiger partial charge in [-0.1, -0.05) is 24.3 Å². The molecule has 0 amide bonds. The zero-order valence-electron chi connectivity index (χ0n) is 17.7. The summed E-state index contributed by atoms with van der Waals surface area (Å²) in [5, 5.41) is 50.1. The number of rotatable bonds is 6. The third-order valence-corrected chi connectivity index (χ3v) is 6.13. The summed E-state index contributed by atoms with van der Waals surface area (Å²) in [4.78, 5) is 0. The smallest absolute Gasteiger partial charge is 0.124 e. The van der Waals surface area contributed by atoms with Crippen molar-refractivity contribution in [2.75, 3.05) is 13.2 Å². The number of aliphatic hydroxyl groups is 5. The van der Waals surface area contributed by atoms with Crippen molar-refractivity contribution in [2.24, 2.45) is 0 Å². The molecule has 0 unspecified atom stereocenters. The molecule has 1 aromatic heterocycles. The average molecular weight is 445 g/mol. The van der Waals surface area contributed by atoms with Crippen molar-refractivity contribution >= 4 is 10.9 Å². The summed E-state index contributed by atoms with van der Waals surface area (Å²) in [5.74, 6) is -0.438. The molecule has 7 nitrogen and oxygen atoms in total. The molecule has 0 aliphatic carbocycles. The Morgan fingerprint density at radius 3 is 2.31 bits per heavy atom. The Labute approximate surface area is 184 Å². The van der Waals surface area contributed by atoms with Gasteiger partial charge in [0.05, 0.1) is 12.1 Å². The van der Waals surface area contributed by atoms with Crippen molar-refractivity contribution in [2.45, 2.75) is 50.4 Å². The first-order valence-corrected chi connectivity index (χ1v) is 10.6. The van der Waals surface area contributed by atoms with Gasteiger partial charge in [0.2, 0.25) is 0 Å². The van der Waals surface area contributed by atoms with Crippen LogP contribution in [0, 0.1) is 12.7 Å². The number of ether oxygens (including phenoxy) is 1. The molecule has 172 valence electrons. The molecule has 8 heteroatoms. The van der Waals surface area contributed by atoms with Gasteiger partial charge < -0.3 is 34.8 Å². The molecule has 1 aliphatic rings. The topological polar surface area (TPSA) is 115 Å². The first kappa shape index (κ1) is 22.8. The van der Waals surface area contributed by atoms with E-state index in [4.69, 9.17) is 9.84 Å². The number of hydrogen-bond acceptors (Lipinski definition) is 6. The Morgan fingerprint density at radius 2 is 1.66 bits per heavy atom. The van der Waals surface area contributed by atoms with Crippen LogP contribution in [0.25, 0.3) is 10.9 Å². The summed E-state index contributed by atoms with van der Waals surface area (Å²) < 4.78 is 22.0. The van der Waals surface area contributed by atoms with Crippen LogP contribution in [-0.4, -0.2) is 67.7 Å². The van der Waals surface area contributed by atoms with Crippen molar-refractivity contribution in [3.05, 3.63) is 70.7 Å². The van der Waals surface area contributed by atoms with E-state index in [1.54, 1.807) is 13.1 Å². The molecule has 0 radical (unpaired) electrons.